The lowest BCUT2D eigenvalue weighted by atomic mass is 10.0. The molecule has 2 fully saturated rings. The number of nitrogens with zero attached hydrogens (tertiary/aromatic N) is 5. The fourth-order valence-electron chi connectivity index (χ4n) is 3.80. The van der Waals surface area contributed by atoms with Gasteiger partial charge in [0.2, 0.25) is 5.91 Å². The van der Waals surface area contributed by atoms with Gasteiger partial charge in [0.25, 0.3) is 5.56 Å². The van der Waals surface area contributed by atoms with Crippen molar-refractivity contribution < 1.29 is 4.79 Å². The van der Waals surface area contributed by atoms with Gasteiger partial charge in [0.05, 0.1) is 17.9 Å². The van der Waals surface area contributed by atoms with Crippen LogP contribution in [0.3, 0.4) is 0 Å². The van der Waals surface area contributed by atoms with Gasteiger partial charge in [-0.25, -0.2) is 9.67 Å². The van der Waals surface area contributed by atoms with Crippen LogP contribution >= 0.6 is 11.3 Å². The van der Waals surface area contributed by atoms with E-state index >= 15 is 0 Å². The summed E-state index contributed by atoms with van der Waals surface area (Å²) >= 11 is 1.58. The summed E-state index contributed by atoms with van der Waals surface area (Å²) < 4.78 is 1.27. The van der Waals surface area contributed by atoms with Gasteiger partial charge < -0.3 is 9.80 Å². The minimum atomic E-state index is -0.217. The number of anilines is 1. The molecular weight excluding hydrogens is 350 g/mol. The van der Waals surface area contributed by atoms with Gasteiger partial charge in [-0.15, -0.1) is 11.3 Å². The van der Waals surface area contributed by atoms with E-state index in [0.717, 1.165) is 55.9 Å². The molecule has 2 aromatic rings. The molecule has 0 N–H and O–H groups in total. The predicted molar refractivity (Wildman–Crippen MR) is 100 cm³/mol. The van der Waals surface area contributed by atoms with Gasteiger partial charge in [-0.3, -0.25) is 9.59 Å². The molecule has 138 valence electrons. The maximum absolute atomic E-state index is 12.9. The molecule has 1 atom stereocenters. The highest BCUT2D eigenvalue weighted by Crippen LogP contribution is 2.32. The normalized spacial score (nSPS) is 20.5. The number of likely N-dealkylation sites (tertiary alicyclic amines) is 1. The first-order valence-corrected chi connectivity index (χ1v) is 10.1. The van der Waals surface area contributed by atoms with E-state index in [-0.39, 0.29) is 24.1 Å². The monoisotopic (exact) mass is 373 g/mol. The minimum Gasteiger partial charge on any atom is -0.370 e. The molecule has 7 nitrogen and oxygen atoms in total. The zero-order valence-electron chi connectivity index (χ0n) is 14.7. The molecule has 0 aromatic carbocycles. The molecule has 0 aliphatic carbocycles. The lowest BCUT2D eigenvalue weighted by Gasteiger charge is -2.34. The van der Waals surface area contributed by atoms with Crippen LogP contribution in [-0.4, -0.2) is 45.2 Å². The summed E-state index contributed by atoms with van der Waals surface area (Å²) in [5.41, 5.74) is 0.639. The molecule has 4 heterocycles. The number of carbonyl (C=O) groups excluding carboxylic acids is 1. The van der Waals surface area contributed by atoms with Crippen molar-refractivity contribution >= 4 is 22.9 Å². The van der Waals surface area contributed by atoms with Crippen LogP contribution in [0, 0.1) is 0 Å². The molecule has 2 saturated heterocycles. The summed E-state index contributed by atoms with van der Waals surface area (Å²) in [6.07, 6.45) is 8.79. The summed E-state index contributed by atoms with van der Waals surface area (Å²) in [6, 6.07) is 1.62. The van der Waals surface area contributed by atoms with E-state index in [1.807, 2.05) is 10.3 Å². The predicted octanol–water partition coefficient (Wildman–Crippen LogP) is 2.05. The quantitative estimate of drug-likeness (QED) is 0.820. The SMILES string of the molecule is O=C(Cn1ncc(N2CCCC2)cc1=O)N1CCCC[C@H]1c1nccs1. The van der Waals surface area contributed by atoms with Crippen molar-refractivity contribution in [2.24, 2.45) is 0 Å². The van der Waals surface area contributed by atoms with Crippen LogP contribution in [0.15, 0.2) is 28.6 Å². The second-order valence-electron chi connectivity index (χ2n) is 6.87. The Labute approximate surface area is 156 Å². The van der Waals surface area contributed by atoms with Gasteiger partial charge in [0.1, 0.15) is 11.6 Å². The third-order valence-corrected chi connectivity index (χ3v) is 6.05. The molecule has 1 amide bonds. The lowest BCUT2D eigenvalue weighted by Crippen LogP contribution is -2.42. The number of piperidine rings is 1. The Bertz CT molecular complexity index is 813. The summed E-state index contributed by atoms with van der Waals surface area (Å²) in [6.45, 7) is 2.63. The van der Waals surface area contributed by atoms with Gasteiger partial charge in [-0.1, -0.05) is 0 Å². The highest BCUT2D eigenvalue weighted by atomic mass is 32.1. The second kappa shape index (κ2) is 7.57. The van der Waals surface area contributed by atoms with E-state index in [4.69, 9.17) is 0 Å². The van der Waals surface area contributed by atoms with Crippen LogP contribution in [0.1, 0.15) is 43.2 Å². The van der Waals surface area contributed by atoms with Crippen molar-refractivity contribution in [1.82, 2.24) is 19.7 Å². The summed E-state index contributed by atoms with van der Waals surface area (Å²) in [5, 5.41) is 7.16. The molecule has 2 aromatic heterocycles. The van der Waals surface area contributed by atoms with Gasteiger partial charge in [0.15, 0.2) is 0 Å². The van der Waals surface area contributed by atoms with Crippen LogP contribution < -0.4 is 10.5 Å². The van der Waals surface area contributed by atoms with Gasteiger partial charge in [-0.05, 0) is 32.1 Å². The van der Waals surface area contributed by atoms with Gasteiger partial charge in [0, 0.05) is 37.3 Å². The van der Waals surface area contributed by atoms with E-state index in [2.05, 4.69) is 15.0 Å². The fraction of sp³-hybridized carbons (Fsp3) is 0.556. The van der Waals surface area contributed by atoms with E-state index in [1.54, 1.807) is 29.8 Å². The summed E-state index contributed by atoms with van der Waals surface area (Å²) in [5.74, 6) is -0.0616. The first kappa shape index (κ1) is 17.2. The molecule has 0 radical (unpaired) electrons. The van der Waals surface area contributed by atoms with Gasteiger partial charge in [-0.2, -0.15) is 5.10 Å². The number of hydrogen-bond acceptors (Lipinski definition) is 6. The zero-order valence-corrected chi connectivity index (χ0v) is 15.5. The third-order valence-electron chi connectivity index (χ3n) is 5.17. The van der Waals surface area contributed by atoms with E-state index in [9.17, 15) is 9.59 Å². The number of aromatic nitrogens is 3. The second-order valence-corrected chi connectivity index (χ2v) is 7.80. The molecule has 0 bridgehead atoms. The number of thiazole rings is 1. The zero-order chi connectivity index (χ0) is 17.9. The van der Waals surface area contributed by atoms with Crippen LogP contribution in [0.25, 0.3) is 0 Å². The first-order valence-electron chi connectivity index (χ1n) is 9.23. The number of hydrogen-bond donors (Lipinski definition) is 0. The van der Waals surface area contributed by atoms with Crippen LogP contribution in [0.2, 0.25) is 0 Å². The van der Waals surface area contributed by atoms with E-state index in [0.29, 0.717) is 6.54 Å². The minimum absolute atomic E-state index is 0.0129. The number of amides is 1. The van der Waals surface area contributed by atoms with Crippen molar-refractivity contribution in [3.63, 3.8) is 0 Å². The van der Waals surface area contributed by atoms with E-state index in [1.165, 1.54) is 4.68 Å². The molecule has 26 heavy (non-hydrogen) atoms. The molecule has 0 unspecified atom stereocenters. The number of carbonyl (C=O) groups is 1. The molecule has 4 rings (SSSR count). The Morgan fingerprint density at radius 1 is 1.19 bits per heavy atom. The Hall–Kier alpha value is -2.22. The third kappa shape index (κ3) is 3.51. The topological polar surface area (TPSA) is 71.3 Å². The smallest absolute Gasteiger partial charge is 0.269 e. The largest absolute Gasteiger partial charge is 0.370 e. The van der Waals surface area contributed by atoms with Crippen molar-refractivity contribution in [3.05, 3.63) is 39.2 Å². The molecule has 2 aliphatic rings. The number of rotatable bonds is 4. The van der Waals surface area contributed by atoms with Crippen molar-refractivity contribution in [2.75, 3.05) is 24.5 Å². The van der Waals surface area contributed by atoms with Crippen molar-refractivity contribution in [3.8, 4) is 0 Å². The average Bonchev–Trinajstić information content (AvgIpc) is 3.37. The van der Waals surface area contributed by atoms with Crippen LogP contribution in [-0.2, 0) is 11.3 Å². The summed E-state index contributed by atoms with van der Waals surface area (Å²) in [4.78, 5) is 33.7. The Kier molecular flexibility index (Phi) is 5.01. The summed E-state index contributed by atoms with van der Waals surface area (Å²) in [7, 11) is 0. The fourth-order valence-corrected chi connectivity index (χ4v) is 4.58. The maximum atomic E-state index is 12.9. The molecule has 0 saturated carbocycles. The lowest BCUT2D eigenvalue weighted by molar-refractivity contribution is -0.136. The molecular formula is C18H23N5O2S. The Morgan fingerprint density at radius 2 is 2.00 bits per heavy atom. The highest BCUT2D eigenvalue weighted by molar-refractivity contribution is 7.09. The molecule has 2 aliphatic heterocycles. The Morgan fingerprint density at radius 3 is 2.73 bits per heavy atom. The first-order chi connectivity index (χ1) is 12.7. The highest BCUT2D eigenvalue weighted by Gasteiger charge is 2.30. The van der Waals surface area contributed by atoms with Crippen molar-refractivity contribution in [1.29, 1.82) is 0 Å². The maximum Gasteiger partial charge on any atom is 0.269 e. The van der Waals surface area contributed by atoms with E-state index < -0.39 is 0 Å². The van der Waals surface area contributed by atoms with Crippen molar-refractivity contribution in [2.45, 2.75) is 44.7 Å². The average molecular weight is 373 g/mol. The van der Waals surface area contributed by atoms with Crippen LogP contribution in [0.5, 0.6) is 0 Å². The van der Waals surface area contributed by atoms with Crippen LogP contribution in [0.4, 0.5) is 5.69 Å². The molecule has 8 heteroatoms. The molecule has 0 spiro atoms. The standard InChI is InChI=1S/C18H23N5O2S/c24-16-11-14(21-7-3-4-8-21)12-20-23(16)13-17(25)22-9-2-1-5-15(22)18-19-6-10-26-18/h6,10-12,15H,1-5,7-9,13H2/t15-/m0/s1. The Balaban J connectivity index is 1.49. The van der Waals surface area contributed by atoms with Gasteiger partial charge >= 0.3 is 0 Å².